The number of benzene rings is 1. The van der Waals surface area contributed by atoms with Crippen LogP contribution in [0.1, 0.15) is 110 Å². The first kappa shape index (κ1) is 26.4. The van der Waals surface area contributed by atoms with Crippen LogP contribution in [0.15, 0.2) is 42.6 Å². The van der Waals surface area contributed by atoms with E-state index in [2.05, 4.69) is 62.2 Å². The molecule has 0 saturated carbocycles. The van der Waals surface area contributed by atoms with Crippen LogP contribution in [0.2, 0.25) is 0 Å². The molecule has 0 N–H and O–H groups in total. The largest absolute Gasteiger partial charge is 0.493 e. The molecule has 1 aromatic carbocycles. The number of ether oxygens (including phenoxy) is 1. The van der Waals surface area contributed by atoms with Gasteiger partial charge in [-0.25, -0.2) is 0 Å². The van der Waals surface area contributed by atoms with Crippen molar-refractivity contribution in [3.8, 4) is 17.0 Å². The highest BCUT2D eigenvalue weighted by molar-refractivity contribution is 5.67. The monoisotopic (exact) mass is 437 g/mol. The maximum Gasteiger partial charge on any atom is 0.128 e. The van der Waals surface area contributed by atoms with Gasteiger partial charge < -0.3 is 4.74 Å². The summed E-state index contributed by atoms with van der Waals surface area (Å²) in [5.74, 6) is 1.78. The number of aryl methyl sites for hydroxylation is 1. The smallest absolute Gasteiger partial charge is 0.128 e. The van der Waals surface area contributed by atoms with Crippen molar-refractivity contribution in [2.75, 3.05) is 6.61 Å². The van der Waals surface area contributed by atoms with E-state index in [1.54, 1.807) is 0 Å². The summed E-state index contributed by atoms with van der Waals surface area (Å²) in [7, 11) is 0. The number of hydrogen-bond acceptors (Lipinski definition) is 2. The van der Waals surface area contributed by atoms with E-state index in [0.29, 0.717) is 0 Å². The third kappa shape index (κ3) is 10.7. The second-order valence-electron chi connectivity index (χ2n) is 9.48. The Balaban J connectivity index is 1.77. The zero-order valence-electron chi connectivity index (χ0n) is 21.1. The van der Waals surface area contributed by atoms with Crippen molar-refractivity contribution in [3.05, 3.63) is 48.2 Å². The molecule has 178 valence electrons. The van der Waals surface area contributed by atoms with E-state index in [-0.39, 0.29) is 0 Å². The van der Waals surface area contributed by atoms with E-state index in [9.17, 15) is 0 Å². The van der Waals surface area contributed by atoms with Gasteiger partial charge in [-0.2, -0.15) is 0 Å². The maximum absolute atomic E-state index is 6.17. The molecule has 0 spiro atoms. The van der Waals surface area contributed by atoms with Gasteiger partial charge in [-0.1, -0.05) is 97.1 Å². The van der Waals surface area contributed by atoms with Crippen molar-refractivity contribution in [3.63, 3.8) is 0 Å². The number of nitrogens with zero attached hydrogens (tertiary/aromatic N) is 1. The normalized spacial score (nSPS) is 12.1. The molecule has 2 heteroatoms. The first-order chi connectivity index (χ1) is 15.7. The SMILES string of the molecule is CCCCCCCCCCCc1ccnc(-c2ccccc2OCCCCC(C)CC)c1. The van der Waals surface area contributed by atoms with Gasteiger partial charge in [0.2, 0.25) is 0 Å². The van der Waals surface area contributed by atoms with Crippen LogP contribution in [-0.2, 0) is 6.42 Å². The predicted octanol–water partition coefficient (Wildman–Crippen LogP) is 9.42. The lowest BCUT2D eigenvalue weighted by molar-refractivity contribution is 0.301. The van der Waals surface area contributed by atoms with E-state index in [1.807, 2.05) is 6.20 Å². The summed E-state index contributed by atoms with van der Waals surface area (Å²) in [6, 6.07) is 12.8. The highest BCUT2D eigenvalue weighted by atomic mass is 16.5. The third-order valence-corrected chi connectivity index (χ3v) is 6.60. The Kier molecular flexibility index (Phi) is 13.8. The summed E-state index contributed by atoms with van der Waals surface area (Å²) in [4.78, 5) is 4.66. The molecule has 1 aromatic heterocycles. The Morgan fingerprint density at radius 3 is 2.28 bits per heavy atom. The van der Waals surface area contributed by atoms with Crippen LogP contribution >= 0.6 is 0 Å². The molecule has 0 fully saturated rings. The van der Waals surface area contributed by atoms with E-state index in [4.69, 9.17) is 4.74 Å². The van der Waals surface area contributed by atoms with Crippen LogP contribution in [0.5, 0.6) is 5.75 Å². The van der Waals surface area contributed by atoms with Crippen molar-refractivity contribution < 1.29 is 4.74 Å². The molecule has 0 aliphatic heterocycles. The van der Waals surface area contributed by atoms with Crippen molar-refractivity contribution in [1.29, 1.82) is 0 Å². The molecule has 0 amide bonds. The topological polar surface area (TPSA) is 22.1 Å². The summed E-state index contributed by atoms with van der Waals surface area (Å²) in [5, 5.41) is 0. The Morgan fingerprint density at radius 2 is 1.53 bits per heavy atom. The number of pyridine rings is 1. The van der Waals surface area contributed by atoms with E-state index < -0.39 is 0 Å². The lowest BCUT2D eigenvalue weighted by Gasteiger charge is -2.13. The molecule has 1 unspecified atom stereocenters. The molecule has 1 heterocycles. The minimum atomic E-state index is 0.783. The molecular formula is C30H47NO. The summed E-state index contributed by atoms with van der Waals surface area (Å²) in [6.45, 7) is 7.68. The third-order valence-electron chi connectivity index (χ3n) is 6.60. The van der Waals surface area contributed by atoms with Gasteiger partial charge >= 0.3 is 0 Å². The van der Waals surface area contributed by atoms with Gasteiger partial charge in [-0.3, -0.25) is 4.98 Å². The van der Waals surface area contributed by atoms with Crippen LogP contribution in [0.3, 0.4) is 0 Å². The summed E-state index contributed by atoms with van der Waals surface area (Å²) in [6.07, 6.45) is 20.4. The number of aromatic nitrogens is 1. The number of para-hydroxylation sites is 1. The Morgan fingerprint density at radius 1 is 0.812 bits per heavy atom. The van der Waals surface area contributed by atoms with Crippen molar-refractivity contribution in [1.82, 2.24) is 4.98 Å². The lowest BCUT2D eigenvalue weighted by atomic mass is 10.0. The standard InChI is InChI=1S/C30H47NO/c1-4-6-7-8-9-10-11-12-13-19-27-22-23-31-29(25-27)28-20-14-15-21-30(28)32-24-17-16-18-26(3)5-2/h14-15,20-23,25-26H,4-13,16-19,24H2,1-3H3. The van der Waals surface area contributed by atoms with Gasteiger partial charge in [-0.15, -0.1) is 0 Å². The molecular weight excluding hydrogens is 390 g/mol. The molecule has 2 rings (SSSR count). The summed E-state index contributed by atoms with van der Waals surface area (Å²) < 4.78 is 6.17. The molecule has 0 radical (unpaired) electrons. The van der Waals surface area contributed by atoms with Crippen LogP contribution < -0.4 is 4.74 Å². The zero-order valence-corrected chi connectivity index (χ0v) is 21.1. The summed E-state index contributed by atoms with van der Waals surface area (Å²) >= 11 is 0. The second-order valence-corrected chi connectivity index (χ2v) is 9.48. The number of rotatable bonds is 18. The number of unbranched alkanes of at least 4 members (excludes halogenated alkanes) is 9. The zero-order chi connectivity index (χ0) is 22.9. The van der Waals surface area contributed by atoms with Gasteiger partial charge in [0.05, 0.1) is 12.3 Å². The van der Waals surface area contributed by atoms with Gasteiger partial charge in [-0.05, 0) is 61.4 Å². The fraction of sp³-hybridized carbons (Fsp3) is 0.633. The first-order valence-electron chi connectivity index (χ1n) is 13.4. The van der Waals surface area contributed by atoms with Gasteiger partial charge in [0, 0.05) is 11.8 Å². The molecule has 0 aliphatic rings. The highest BCUT2D eigenvalue weighted by Gasteiger charge is 2.08. The van der Waals surface area contributed by atoms with Crippen molar-refractivity contribution >= 4 is 0 Å². The Hall–Kier alpha value is -1.83. The average molecular weight is 438 g/mol. The van der Waals surface area contributed by atoms with Crippen LogP contribution in [-0.4, -0.2) is 11.6 Å². The first-order valence-corrected chi connectivity index (χ1v) is 13.4. The van der Waals surface area contributed by atoms with E-state index in [1.165, 1.54) is 82.6 Å². The van der Waals surface area contributed by atoms with Crippen LogP contribution in [0.25, 0.3) is 11.3 Å². The highest BCUT2D eigenvalue weighted by Crippen LogP contribution is 2.29. The molecule has 32 heavy (non-hydrogen) atoms. The minimum Gasteiger partial charge on any atom is -0.493 e. The molecule has 0 bridgehead atoms. The second kappa shape index (κ2) is 16.8. The van der Waals surface area contributed by atoms with Crippen molar-refractivity contribution in [2.24, 2.45) is 5.92 Å². The quantitative estimate of drug-likeness (QED) is 0.217. The van der Waals surface area contributed by atoms with Crippen LogP contribution in [0, 0.1) is 5.92 Å². The maximum atomic E-state index is 6.17. The minimum absolute atomic E-state index is 0.783. The average Bonchev–Trinajstić information content (AvgIpc) is 2.83. The van der Waals surface area contributed by atoms with Crippen molar-refractivity contribution in [2.45, 2.75) is 111 Å². The predicted molar refractivity (Wildman–Crippen MR) is 139 cm³/mol. The van der Waals surface area contributed by atoms with Gasteiger partial charge in [0.1, 0.15) is 5.75 Å². The van der Waals surface area contributed by atoms with Crippen LogP contribution in [0.4, 0.5) is 0 Å². The Labute approximate surface area is 198 Å². The lowest BCUT2D eigenvalue weighted by Crippen LogP contribution is -2.01. The molecule has 1 atom stereocenters. The summed E-state index contributed by atoms with van der Waals surface area (Å²) in [5.41, 5.74) is 3.54. The number of hydrogen-bond donors (Lipinski definition) is 0. The molecule has 2 aromatic rings. The fourth-order valence-electron chi connectivity index (χ4n) is 4.20. The molecule has 0 saturated heterocycles. The van der Waals surface area contributed by atoms with E-state index in [0.717, 1.165) is 42.4 Å². The van der Waals surface area contributed by atoms with Gasteiger partial charge in [0.25, 0.3) is 0 Å². The molecule has 0 aliphatic carbocycles. The molecule has 2 nitrogen and oxygen atoms in total. The fourth-order valence-corrected chi connectivity index (χ4v) is 4.20. The Bertz CT molecular complexity index is 726. The van der Waals surface area contributed by atoms with Gasteiger partial charge in [0.15, 0.2) is 0 Å². The van der Waals surface area contributed by atoms with E-state index >= 15 is 0 Å².